The van der Waals surface area contributed by atoms with Gasteiger partial charge in [0.2, 0.25) is 0 Å². The van der Waals surface area contributed by atoms with Crippen molar-refractivity contribution < 1.29 is 23.1 Å². The number of halogens is 3. The summed E-state index contributed by atoms with van der Waals surface area (Å²) in [5, 5.41) is 22.7. The minimum absolute atomic E-state index is 0.0950. The lowest BCUT2D eigenvalue weighted by atomic mass is 9.83. The van der Waals surface area contributed by atoms with Gasteiger partial charge in [-0.25, -0.2) is 5.10 Å². The number of benzene rings is 1. The topological polar surface area (TPSA) is 91.8 Å². The summed E-state index contributed by atoms with van der Waals surface area (Å²) in [7, 11) is 0. The number of nitrogens with one attached hydrogen (secondary N) is 1. The van der Waals surface area contributed by atoms with E-state index in [9.17, 15) is 23.1 Å². The number of tetrazole rings is 1. The fourth-order valence-corrected chi connectivity index (χ4v) is 2.69. The molecule has 0 unspecified atom stereocenters. The molecule has 2 atom stereocenters. The number of hydrogen-bond donors (Lipinski definition) is 2. The van der Waals surface area contributed by atoms with E-state index in [0.29, 0.717) is 18.4 Å². The van der Waals surface area contributed by atoms with Gasteiger partial charge in [-0.2, -0.15) is 13.2 Å². The van der Waals surface area contributed by atoms with Crippen LogP contribution in [0.2, 0.25) is 0 Å². The Balaban J connectivity index is 2.34. The van der Waals surface area contributed by atoms with E-state index in [2.05, 4.69) is 20.6 Å². The van der Waals surface area contributed by atoms with Gasteiger partial charge in [0.05, 0.1) is 11.5 Å². The maximum atomic E-state index is 12.9. The molecule has 0 radical (unpaired) electrons. The molecule has 2 rings (SSSR count). The smallest absolute Gasteiger partial charge is 0.416 e. The molecule has 0 aliphatic heterocycles. The van der Waals surface area contributed by atoms with Crippen molar-refractivity contribution in [3.8, 4) is 0 Å². The van der Waals surface area contributed by atoms with Gasteiger partial charge in [-0.3, -0.25) is 4.79 Å². The molecule has 1 aromatic carbocycles. The normalized spacial score (nSPS) is 14.3. The van der Waals surface area contributed by atoms with Gasteiger partial charge in [0.25, 0.3) is 0 Å². The van der Waals surface area contributed by atoms with Gasteiger partial charge in [0, 0.05) is 5.92 Å². The largest absolute Gasteiger partial charge is 0.481 e. The summed E-state index contributed by atoms with van der Waals surface area (Å²) >= 11 is 0. The van der Waals surface area contributed by atoms with E-state index >= 15 is 0 Å². The summed E-state index contributed by atoms with van der Waals surface area (Å²) in [6.07, 6.45) is -3.36. The molecular formula is C15H17F3N4O2. The highest BCUT2D eigenvalue weighted by atomic mass is 19.4. The Kier molecular flexibility index (Phi) is 5.53. The third-order valence-electron chi connectivity index (χ3n) is 3.83. The van der Waals surface area contributed by atoms with Gasteiger partial charge in [0.15, 0.2) is 5.82 Å². The lowest BCUT2D eigenvalue weighted by molar-refractivity contribution is -0.143. The molecule has 24 heavy (non-hydrogen) atoms. The number of carboxylic acid groups (broad SMARTS) is 1. The highest BCUT2D eigenvalue weighted by Crippen LogP contribution is 2.33. The molecule has 1 heterocycles. The fourth-order valence-electron chi connectivity index (χ4n) is 2.69. The number of aliphatic carboxylic acids is 1. The van der Waals surface area contributed by atoms with Crippen LogP contribution >= 0.6 is 0 Å². The van der Waals surface area contributed by atoms with Crippen molar-refractivity contribution in [3.63, 3.8) is 0 Å². The van der Waals surface area contributed by atoms with Gasteiger partial charge in [0.1, 0.15) is 0 Å². The second-order valence-corrected chi connectivity index (χ2v) is 5.53. The molecule has 2 N–H and O–H groups in total. The predicted octanol–water partition coefficient (Wildman–Crippen LogP) is 3.05. The fraction of sp³-hybridized carbons (Fsp3) is 0.467. The van der Waals surface area contributed by atoms with Gasteiger partial charge in [-0.15, -0.1) is 5.10 Å². The molecule has 1 aromatic heterocycles. The number of rotatable bonds is 7. The van der Waals surface area contributed by atoms with E-state index in [0.717, 1.165) is 12.1 Å². The molecule has 130 valence electrons. The first-order valence-electron chi connectivity index (χ1n) is 7.45. The molecule has 9 heteroatoms. The maximum Gasteiger partial charge on any atom is 0.416 e. The van der Waals surface area contributed by atoms with E-state index in [-0.39, 0.29) is 12.2 Å². The first-order valence-corrected chi connectivity index (χ1v) is 7.45. The Morgan fingerprint density at radius 2 is 2.12 bits per heavy atom. The number of carboxylic acids is 1. The van der Waals surface area contributed by atoms with E-state index in [1.54, 1.807) is 0 Å². The van der Waals surface area contributed by atoms with Crippen LogP contribution in [0, 0.1) is 5.92 Å². The van der Waals surface area contributed by atoms with Gasteiger partial charge in [-0.1, -0.05) is 31.5 Å². The quantitative estimate of drug-likeness (QED) is 0.807. The van der Waals surface area contributed by atoms with Crippen molar-refractivity contribution in [2.24, 2.45) is 5.92 Å². The molecule has 0 bridgehead atoms. The van der Waals surface area contributed by atoms with Crippen molar-refractivity contribution in [1.29, 1.82) is 0 Å². The summed E-state index contributed by atoms with van der Waals surface area (Å²) in [5.74, 6) is -2.20. The minimum Gasteiger partial charge on any atom is -0.481 e. The number of aromatic nitrogens is 4. The zero-order valence-electron chi connectivity index (χ0n) is 12.9. The van der Waals surface area contributed by atoms with E-state index in [1.807, 2.05) is 6.92 Å². The summed E-state index contributed by atoms with van der Waals surface area (Å²) in [4.78, 5) is 11.6. The molecule has 0 saturated carbocycles. The number of hydrogen-bond acceptors (Lipinski definition) is 4. The lowest BCUT2D eigenvalue weighted by Gasteiger charge is -2.21. The summed E-state index contributed by atoms with van der Waals surface area (Å²) in [6, 6.07) is 4.86. The van der Waals surface area contributed by atoms with Crippen molar-refractivity contribution in [1.82, 2.24) is 20.6 Å². The minimum atomic E-state index is -4.45. The molecule has 0 saturated heterocycles. The maximum absolute atomic E-state index is 12.9. The lowest BCUT2D eigenvalue weighted by Crippen LogP contribution is -2.25. The summed E-state index contributed by atoms with van der Waals surface area (Å²) < 4.78 is 38.6. The molecule has 0 spiro atoms. The molecule has 0 amide bonds. The molecule has 0 fully saturated rings. The highest BCUT2D eigenvalue weighted by molar-refractivity contribution is 5.71. The number of nitrogens with zero attached hydrogens (tertiary/aromatic N) is 3. The molecule has 6 nitrogen and oxygen atoms in total. The molecule has 0 aliphatic rings. The highest BCUT2D eigenvalue weighted by Gasteiger charge is 2.33. The monoisotopic (exact) mass is 342 g/mol. The SMILES string of the molecule is CCC[C@H](C(=O)O)[C@@H](Cc1cccc(C(F)(F)F)c1)c1nnn[nH]1. The Bertz CT molecular complexity index is 674. The second-order valence-electron chi connectivity index (χ2n) is 5.53. The average molecular weight is 342 g/mol. The third kappa shape index (κ3) is 4.30. The van der Waals surface area contributed by atoms with Gasteiger partial charge in [-0.05, 0) is 34.9 Å². The van der Waals surface area contributed by atoms with Crippen LogP contribution in [0.25, 0.3) is 0 Å². The second kappa shape index (κ2) is 7.41. The van der Waals surface area contributed by atoms with E-state index in [1.165, 1.54) is 12.1 Å². The van der Waals surface area contributed by atoms with Crippen LogP contribution in [0.3, 0.4) is 0 Å². The van der Waals surface area contributed by atoms with Gasteiger partial charge >= 0.3 is 12.1 Å². The summed E-state index contributed by atoms with van der Waals surface area (Å²) in [6.45, 7) is 1.84. The van der Waals surface area contributed by atoms with Crippen LogP contribution in [-0.2, 0) is 17.4 Å². The van der Waals surface area contributed by atoms with Crippen molar-refractivity contribution in [2.45, 2.75) is 38.3 Å². The number of alkyl halides is 3. The molecule has 2 aromatic rings. The summed E-state index contributed by atoms with van der Waals surface area (Å²) in [5.41, 5.74) is -0.384. The van der Waals surface area contributed by atoms with Crippen molar-refractivity contribution in [3.05, 3.63) is 41.2 Å². The van der Waals surface area contributed by atoms with Crippen LogP contribution in [0.15, 0.2) is 24.3 Å². The van der Waals surface area contributed by atoms with Crippen molar-refractivity contribution in [2.75, 3.05) is 0 Å². The first-order chi connectivity index (χ1) is 11.3. The van der Waals surface area contributed by atoms with Crippen LogP contribution in [0.1, 0.15) is 42.6 Å². The Morgan fingerprint density at radius 3 is 2.67 bits per heavy atom. The zero-order valence-corrected chi connectivity index (χ0v) is 12.9. The Hall–Kier alpha value is -2.45. The van der Waals surface area contributed by atoms with Gasteiger partial charge < -0.3 is 5.11 Å². The van der Waals surface area contributed by atoms with Crippen LogP contribution in [-0.4, -0.2) is 31.7 Å². The van der Waals surface area contributed by atoms with E-state index < -0.39 is 29.5 Å². The molecular weight excluding hydrogens is 325 g/mol. The van der Waals surface area contributed by atoms with Crippen LogP contribution in [0.4, 0.5) is 13.2 Å². The van der Waals surface area contributed by atoms with Crippen LogP contribution in [0.5, 0.6) is 0 Å². The number of H-pyrrole nitrogens is 1. The number of carbonyl (C=O) groups is 1. The standard InChI is InChI=1S/C15H17F3N4O2/c1-2-4-11(14(23)24)12(13-19-21-22-20-13)8-9-5-3-6-10(7-9)15(16,17)18/h3,5-7,11-12H,2,4,8H2,1H3,(H,23,24)(H,19,20,21,22)/t11-,12+/m0/s1. The van der Waals surface area contributed by atoms with E-state index in [4.69, 9.17) is 0 Å². The molecule has 0 aliphatic carbocycles. The predicted molar refractivity (Wildman–Crippen MR) is 78.1 cm³/mol. The van der Waals surface area contributed by atoms with Crippen molar-refractivity contribution >= 4 is 5.97 Å². The van der Waals surface area contributed by atoms with Crippen LogP contribution < -0.4 is 0 Å². The first kappa shape index (κ1) is 17.9. The zero-order chi connectivity index (χ0) is 17.7. The number of aromatic amines is 1. The Morgan fingerprint density at radius 1 is 1.38 bits per heavy atom. The third-order valence-corrected chi connectivity index (χ3v) is 3.83. The average Bonchev–Trinajstić information content (AvgIpc) is 3.04. The Labute approximate surface area is 136 Å².